The number of piperidine rings is 1. The molecule has 28 heavy (non-hydrogen) atoms. The van der Waals surface area contributed by atoms with Gasteiger partial charge in [0.2, 0.25) is 11.8 Å². The van der Waals surface area contributed by atoms with E-state index in [1.165, 1.54) is 4.90 Å². The Balaban J connectivity index is 1.80. The number of hydrogen-bond acceptors (Lipinski definition) is 6. The fourth-order valence-corrected chi connectivity index (χ4v) is 3.76. The summed E-state index contributed by atoms with van der Waals surface area (Å²) in [6, 6.07) is -1.39. The van der Waals surface area contributed by atoms with Crippen molar-refractivity contribution in [2.45, 2.75) is 18.9 Å². The Kier molecular flexibility index (Phi) is 4.33. The molecule has 3 heterocycles. The van der Waals surface area contributed by atoms with Gasteiger partial charge in [0.25, 0.3) is 11.8 Å². The monoisotopic (exact) mass is 396 g/mol. The standard InChI is InChI=1S/C17H15F3N4O4/c18-11-9-10(12(19)14(13(11)20)23-5-3-21-4-6-23)17(28)24(16(9)27)7-1-2-8(25)22-15(7)26/h7,21H,1-6H2,(H,22,25,26). The number of rotatable bonds is 2. The van der Waals surface area contributed by atoms with E-state index < -0.39 is 63.9 Å². The molecule has 4 amide bonds. The van der Waals surface area contributed by atoms with E-state index in [1.807, 2.05) is 5.32 Å². The molecular weight excluding hydrogens is 381 g/mol. The van der Waals surface area contributed by atoms with Gasteiger partial charge in [-0.1, -0.05) is 0 Å². The van der Waals surface area contributed by atoms with E-state index in [0.717, 1.165) is 0 Å². The number of halogens is 3. The summed E-state index contributed by atoms with van der Waals surface area (Å²) < 4.78 is 44.4. The topological polar surface area (TPSA) is 98.8 Å². The molecule has 1 aromatic rings. The second-order valence-electron chi connectivity index (χ2n) is 6.72. The van der Waals surface area contributed by atoms with E-state index >= 15 is 4.39 Å². The average Bonchev–Trinajstić information content (AvgIpc) is 2.92. The first-order valence-corrected chi connectivity index (χ1v) is 8.70. The molecule has 148 valence electrons. The highest BCUT2D eigenvalue weighted by atomic mass is 19.2. The van der Waals surface area contributed by atoms with Gasteiger partial charge in [0, 0.05) is 32.6 Å². The average molecular weight is 396 g/mol. The molecule has 0 bridgehead atoms. The molecule has 11 heteroatoms. The van der Waals surface area contributed by atoms with E-state index in [4.69, 9.17) is 0 Å². The second kappa shape index (κ2) is 6.59. The summed E-state index contributed by atoms with van der Waals surface area (Å²) >= 11 is 0. The maximum absolute atomic E-state index is 15.1. The number of imide groups is 2. The number of amides is 4. The summed E-state index contributed by atoms with van der Waals surface area (Å²) in [7, 11) is 0. The normalized spacial score (nSPS) is 22.6. The molecule has 0 aromatic heterocycles. The van der Waals surface area contributed by atoms with Gasteiger partial charge in [-0.25, -0.2) is 13.2 Å². The summed E-state index contributed by atoms with van der Waals surface area (Å²) in [5.74, 6) is -8.53. The molecular formula is C17H15F3N4O4. The minimum absolute atomic E-state index is 0.144. The summed E-state index contributed by atoms with van der Waals surface area (Å²) in [5, 5.41) is 4.96. The quantitative estimate of drug-likeness (QED) is 0.536. The van der Waals surface area contributed by atoms with Gasteiger partial charge in [-0.15, -0.1) is 0 Å². The molecule has 1 atom stereocenters. The molecule has 3 aliphatic rings. The predicted molar refractivity (Wildman–Crippen MR) is 88.1 cm³/mol. The van der Waals surface area contributed by atoms with Gasteiger partial charge >= 0.3 is 0 Å². The zero-order valence-corrected chi connectivity index (χ0v) is 14.5. The third-order valence-corrected chi connectivity index (χ3v) is 5.12. The van der Waals surface area contributed by atoms with Crippen molar-refractivity contribution in [3.8, 4) is 0 Å². The summed E-state index contributed by atoms with van der Waals surface area (Å²) in [6.45, 7) is 1.19. The van der Waals surface area contributed by atoms with Crippen LogP contribution in [0.3, 0.4) is 0 Å². The maximum Gasteiger partial charge on any atom is 0.265 e. The van der Waals surface area contributed by atoms with Crippen LogP contribution in [-0.2, 0) is 9.59 Å². The third kappa shape index (κ3) is 2.57. The molecule has 4 rings (SSSR count). The van der Waals surface area contributed by atoms with Crippen LogP contribution in [0.4, 0.5) is 18.9 Å². The first-order valence-electron chi connectivity index (χ1n) is 8.70. The van der Waals surface area contributed by atoms with Gasteiger partial charge < -0.3 is 10.2 Å². The molecule has 0 spiro atoms. The van der Waals surface area contributed by atoms with Crippen LogP contribution in [0.25, 0.3) is 0 Å². The molecule has 0 aliphatic carbocycles. The Morgan fingerprint density at radius 3 is 2.07 bits per heavy atom. The van der Waals surface area contributed by atoms with E-state index in [-0.39, 0.29) is 25.9 Å². The van der Waals surface area contributed by atoms with Crippen LogP contribution in [-0.4, -0.2) is 60.7 Å². The number of benzene rings is 1. The molecule has 2 saturated heterocycles. The van der Waals surface area contributed by atoms with Crippen molar-refractivity contribution in [2.24, 2.45) is 0 Å². The Labute approximate surface area is 156 Å². The molecule has 3 aliphatic heterocycles. The summed E-state index contributed by atoms with van der Waals surface area (Å²) in [6.07, 6.45) is -0.318. The number of carbonyl (C=O) groups excluding carboxylic acids is 4. The minimum Gasteiger partial charge on any atom is -0.364 e. The van der Waals surface area contributed by atoms with Gasteiger partial charge in [0.15, 0.2) is 17.5 Å². The van der Waals surface area contributed by atoms with Gasteiger partial charge in [-0.05, 0) is 6.42 Å². The number of carbonyl (C=O) groups is 4. The highest BCUT2D eigenvalue weighted by Crippen LogP contribution is 2.38. The van der Waals surface area contributed by atoms with Crippen LogP contribution in [0.5, 0.6) is 0 Å². The van der Waals surface area contributed by atoms with Crippen molar-refractivity contribution < 1.29 is 32.3 Å². The lowest BCUT2D eigenvalue weighted by Gasteiger charge is -2.30. The number of hydrogen-bond donors (Lipinski definition) is 2. The number of piperazine rings is 1. The number of anilines is 1. The van der Waals surface area contributed by atoms with Gasteiger partial charge in [-0.3, -0.25) is 29.4 Å². The SMILES string of the molecule is O=C1CCC(N2C(=O)c3c(F)c(F)c(N4CCNCC4)c(F)c3C2=O)C(=O)N1. The molecule has 2 N–H and O–H groups in total. The first kappa shape index (κ1) is 18.4. The van der Waals surface area contributed by atoms with Crippen molar-refractivity contribution in [3.05, 3.63) is 28.6 Å². The molecule has 8 nitrogen and oxygen atoms in total. The molecule has 0 radical (unpaired) electrons. The lowest BCUT2D eigenvalue weighted by Crippen LogP contribution is -2.54. The summed E-state index contributed by atoms with van der Waals surface area (Å²) in [5.41, 5.74) is -2.62. The second-order valence-corrected chi connectivity index (χ2v) is 6.72. The number of fused-ring (bicyclic) bond motifs is 1. The van der Waals surface area contributed by atoms with Gasteiger partial charge in [0.1, 0.15) is 11.7 Å². The number of nitrogens with one attached hydrogen (secondary N) is 2. The Morgan fingerprint density at radius 1 is 0.857 bits per heavy atom. The van der Waals surface area contributed by atoms with Crippen molar-refractivity contribution in [1.29, 1.82) is 0 Å². The number of nitrogens with zero attached hydrogens (tertiary/aromatic N) is 2. The van der Waals surface area contributed by atoms with Crippen LogP contribution in [0.15, 0.2) is 0 Å². The zero-order valence-electron chi connectivity index (χ0n) is 14.5. The largest absolute Gasteiger partial charge is 0.364 e. The van der Waals surface area contributed by atoms with E-state index in [1.54, 1.807) is 0 Å². The highest BCUT2D eigenvalue weighted by Gasteiger charge is 2.49. The van der Waals surface area contributed by atoms with Crippen LogP contribution in [0, 0.1) is 17.5 Å². The van der Waals surface area contributed by atoms with Crippen molar-refractivity contribution in [2.75, 3.05) is 31.1 Å². The lowest BCUT2D eigenvalue weighted by molar-refractivity contribution is -0.136. The predicted octanol–water partition coefficient (Wildman–Crippen LogP) is -0.0853. The van der Waals surface area contributed by atoms with Crippen LogP contribution < -0.4 is 15.5 Å². The fraction of sp³-hybridized carbons (Fsp3) is 0.412. The van der Waals surface area contributed by atoms with Gasteiger partial charge in [-0.2, -0.15) is 0 Å². The Bertz CT molecular complexity index is 930. The minimum atomic E-state index is -1.63. The van der Waals surface area contributed by atoms with Crippen LogP contribution in [0.2, 0.25) is 0 Å². The van der Waals surface area contributed by atoms with Crippen molar-refractivity contribution in [3.63, 3.8) is 0 Å². The zero-order chi connectivity index (χ0) is 20.2. The third-order valence-electron chi connectivity index (χ3n) is 5.12. The molecule has 2 fully saturated rings. The molecule has 1 aromatic carbocycles. The van der Waals surface area contributed by atoms with E-state index in [2.05, 4.69) is 5.32 Å². The first-order chi connectivity index (χ1) is 13.3. The van der Waals surface area contributed by atoms with Gasteiger partial charge in [0.05, 0.1) is 11.1 Å². The smallest absolute Gasteiger partial charge is 0.265 e. The molecule has 0 saturated carbocycles. The van der Waals surface area contributed by atoms with Crippen LogP contribution >= 0.6 is 0 Å². The molecule has 1 unspecified atom stereocenters. The maximum atomic E-state index is 15.1. The van der Waals surface area contributed by atoms with Crippen LogP contribution in [0.1, 0.15) is 33.6 Å². The van der Waals surface area contributed by atoms with E-state index in [9.17, 15) is 28.0 Å². The highest BCUT2D eigenvalue weighted by molar-refractivity contribution is 6.24. The van der Waals surface area contributed by atoms with E-state index in [0.29, 0.717) is 18.0 Å². The van der Waals surface area contributed by atoms with Crippen molar-refractivity contribution in [1.82, 2.24) is 15.5 Å². The summed E-state index contributed by atoms with van der Waals surface area (Å²) in [4.78, 5) is 50.3. The fourth-order valence-electron chi connectivity index (χ4n) is 3.76. The lowest BCUT2D eigenvalue weighted by atomic mass is 10.0. The van der Waals surface area contributed by atoms with Crippen molar-refractivity contribution >= 4 is 29.3 Å². The Morgan fingerprint density at radius 2 is 1.46 bits per heavy atom. The Hall–Kier alpha value is -2.95.